The van der Waals surface area contributed by atoms with Gasteiger partial charge in [0.25, 0.3) is 0 Å². The van der Waals surface area contributed by atoms with Crippen LogP contribution in [0.25, 0.3) is 0 Å². The summed E-state index contributed by atoms with van der Waals surface area (Å²) >= 11 is 0. The Labute approximate surface area is 117 Å². The fourth-order valence-electron chi connectivity index (χ4n) is 1.85. The molecule has 20 heavy (non-hydrogen) atoms. The summed E-state index contributed by atoms with van der Waals surface area (Å²) in [5, 5.41) is 11.0. The van der Waals surface area contributed by atoms with Gasteiger partial charge in [-0.05, 0) is 26.0 Å². The fraction of sp³-hybridized carbons (Fsp3) is 0.385. The van der Waals surface area contributed by atoms with E-state index >= 15 is 0 Å². The van der Waals surface area contributed by atoms with Gasteiger partial charge in [0.1, 0.15) is 17.7 Å². The molecule has 0 saturated heterocycles. The zero-order chi connectivity index (χ0) is 14.5. The van der Waals surface area contributed by atoms with E-state index in [4.69, 9.17) is 4.74 Å². The number of esters is 1. The molecule has 7 heteroatoms. The predicted octanol–water partition coefficient (Wildman–Crippen LogP) is 1.56. The molecule has 2 rings (SSSR count). The SMILES string of the molecule is CCOC(=O)c1cccnc1NC(C)c1nncn1C. The van der Waals surface area contributed by atoms with Crippen LogP contribution in [0.2, 0.25) is 0 Å². The molecule has 7 nitrogen and oxygen atoms in total. The molecule has 0 aromatic carbocycles. The number of nitrogens with one attached hydrogen (secondary N) is 1. The summed E-state index contributed by atoms with van der Waals surface area (Å²) in [6, 6.07) is 3.24. The van der Waals surface area contributed by atoms with Gasteiger partial charge in [-0.1, -0.05) is 0 Å². The zero-order valence-electron chi connectivity index (χ0n) is 11.7. The van der Waals surface area contributed by atoms with Crippen LogP contribution in [0.5, 0.6) is 0 Å². The smallest absolute Gasteiger partial charge is 0.341 e. The van der Waals surface area contributed by atoms with Gasteiger partial charge in [0.05, 0.1) is 12.6 Å². The van der Waals surface area contributed by atoms with Crippen molar-refractivity contribution in [2.24, 2.45) is 7.05 Å². The van der Waals surface area contributed by atoms with Crippen molar-refractivity contribution in [1.29, 1.82) is 0 Å². The number of hydrogen-bond acceptors (Lipinski definition) is 6. The Kier molecular flexibility index (Phi) is 4.29. The van der Waals surface area contributed by atoms with Crippen molar-refractivity contribution < 1.29 is 9.53 Å². The molecule has 0 spiro atoms. The molecule has 0 aliphatic rings. The Balaban J connectivity index is 2.21. The molecule has 0 aliphatic heterocycles. The number of nitrogens with zero attached hydrogens (tertiary/aromatic N) is 4. The highest BCUT2D eigenvalue weighted by molar-refractivity contribution is 5.94. The first-order valence-corrected chi connectivity index (χ1v) is 6.36. The molecular formula is C13H17N5O2. The van der Waals surface area contributed by atoms with E-state index in [-0.39, 0.29) is 6.04 Å². The number of rotatable bonds is 5. The standard InChI is InChI=1S/C13H17N5O2/c1-4-20-13(19)10-6-5-7-14-11(10)16-9(2)12-17-15-8-18(12)3/h5-9H,4H2,1-3H3,(H,14,16). The average molecular weight is 275 g/mol. The first kappa shape index (κ1) is 14.0. The summed E-state index contributed by atoms with van der Waals surface area (Å²) in [5.74, 6) is 0.833. The molecule has 0 saturated carbocycles. The molecule has 0 radical (unpaired) electrons. The van der Waals surface area contributed by atoms with Gasteiger partial charge in [0.15, 0.2) is 5.82 Å². The molecule has 106 valence electrons. The lowest BCUT2D eigenvalue weighted by molar-refractivity contribution is 0.0527. The number of carbonyl (C=O) groups excluding carboxylic acids is 1. The number of carbonyl (C=O) groups is 1. The number of pyridine rings is 1. The van der Waals surface area contributed by atoms with Gasteiger partial charge in [-0.3, -0.25) is 0 Å². The van der Waals surface area contributed by atoms with Crippen LogP contribution in [-0.2, 0) is 11.8 Å². The molecular weight excluding hydrogens is 258 g/mol. The van der Waals surface area contributed by atoms with Crippen LogP contribution in [0.1, 0.15) is 36.1 Å². The minimum atomic E-state index is -0.395. The quantitative estimate of drug-likeness (QED) is 0.834. The number of aryl methyl sites for hydroxylation is 1. The maximum Gasteiger partial charge on any atom is 0.341 e. The molecule has 1 atom stereocenters. The van der Waals surface area contributed by atoms with E-state index in [1.807, 2.05) is 18.5 Å². The van der Waals surface area contributed by atoms with E-state index < -0.39 is 5.97 Å². The van der Waals surface area contributed by atoms with Crippen LogP contribution in [0.15, 0.2) is 24.7 Å². The second kappa shape index (κ2) is 6.14. The van der Waals surface area contributed by atoms with E-state index in [1.54, 1.807) is 31.6 Å². The summed E-state index contributed by atoms with van der Waals surface area (Å²) in [6.07, 6.45) is 3.24. The van der Waals surface area contributed by atoms with Crippen LogP contribution in [0.4, 0.5) is 5.82 Å². The third kappa shape index (κ3) is 2.93. The van der Waals surface area contributed by atoms with Crippen molar-refractivity contribution in [1.82, 2.24) is 19.7 Å². The van der Waals surface area contributed by atoms with Gasteiger partial charge < -0.3 is 14.6 Å². The largest absolute Gasteiger partial charge is 0.462 e. The third-order valence-electron chi connectivity index (χ3n) is 2.79. The van der Waals surface area contributed by atoms with Crippen molar-refractivity contribution in [3.63, 3.8) is 0 Å². The first-order chi connectivity index (χ1) is 9.63. The van der Waals surface area contributed by atoms with Gasteiger partial charge in [0.2, 0.25) is 0 Å². The minimum Gasteiger partial charge on any atom is -0.462 e. The highest BCUT2D eigenvalue weighted by Gasteiger charge is 2.17. The van der Waals surface area contributed by atoms with Crippen molar-refractivity contribution >= 4 is 11.8 Å². The summed E-state index contributed by atoms with van der Waals surface area (Å²) in [5.41, 5.74) is 0.406. The lowest BCUT2D eigenvalue weighted by Gasteiger charge is -2.15. The van der Waals surface area contributed by atoms with Gasteiger partial charge in [0, 0.05) is 13.2 Å². The van der Waals surface area contributed by atoms with E-state index in [2.05, 4.69) is 20.5 Å². The molecule has 2 heterocycles. The van der Waals surface area contributed by atoms with Crippen LogP contribution >= 0.6 is 0 Å². The van der Waals surface area contributed by atoms with Crippen LogP contribution in [0, 0.1) is 0 Å². The topological polar surface area (TPSA) is 81.9 Å². The van der Waals surface area contributed by atoms with Crippen molar-refractivity contribution in [3.05, 3.63) is 36.0 Å². The molecule has 2 aromatic heterocycles. The Morgan fingerprint density at radius 2 is 2.35 bits per heavy atom. The monoisotopic (exact) mass is 275 g/mol. The van der Waals surface area contributed by atoms with Crippen LogP contribution < -0.4 is 5.32 Å². The molecule has 0 amide bonds. The van der Waals surface area contributed by atoms with E-state index in [0.29, 0.717) is 18.0 Å². The van der Waals surface area contributed by atoms with Gasteiger partial charge >= 0.3 is 5.97 Å². The molecule has 1 unspecified atom stereocenters. The number of aromatic nitrogens is 4. The summed E-state index contributed by atoms with van der Waals surface area (Å²) < 4.78 is 6.82. The summed E-state index contributed by atoms with van der Waals surface area (Å²) in [4.78, 5) is 16.1. The molecule has 0 bridgehead atoms. The lowest BCUT2D eigenvalue weighted by Crippen LogP contribution is -2.16. The normalized spacial score (nSPS) is 11.9. The van der Waals surface area contributed by atoms with Gasteiger partial charge in [-0.25, -0.2) is 9.78 Å². The maximum absolute atomic E-state index is 11.9. The second-order valence-electron chi connectivity index (χ2n) is 4.29. The van der Waals surface area contributed by atoms with Crippen molar-refractivity contribution in [2.75, 3.05) is 11.9 Å². The molecule has 2 aromatic rings. The summed E-state index contributed by atoms with van der Waals surface area (Å²) in [6.45, 7) is 4.02. The number of anilines is 1. The number of ether oxygens (including phenoxy) is 1. The average Bonchev–Trinajstić information content (AvgIpc) is 2.86. The first-order valence-electron chi connectivity index (χ1n) is 6.36. The second-order valence-corrected chi connectivity index (χ2v) is 4.29. The van der Waals surface area contributed by atoms with E-state index in [1.165, 1.54) is 0 Å². The summed E-state index contributed by atoms with van der Waals surface area (Å²) in [7, 11) is 1.86. The van der Waals surface area contributed by atoms with Crippen LogP contribution in [0.3, 0.4) is 0 Å². The Bertz CT molecular complexity index is 596. The highest BCUT2D eigenvalue weighted by atomic mass is 16.5. The van der Waals surface area contributed by atoms with Crippen molar-refractivity contribution in [2.45, 2.75) is 19.9 Å². The minimum absolute atomic E-state index is 0.134. The lowest BCUT2D eigenvalue weighted by atomic mass is 10.2. The maximum atomic E-state index is 11.9. The Morgan fingerprint density at radius 1 is 1.55 bits per heavy atom. The Hall–Kier alpha value is -2.44. The number of hydrogen-bond donors (Lipinski definition) is 1. The fourth-order valence-corrected chi connectivity index (χ4v) is 1.85. The Morgan fingerprint density at radius 3 is 3.00 bits per heavy atom. The molecule has 0 fully saturated rings. The van der Waals surface area contributed by atoms with E-state index in [0.717, 1.165) is 5.82 Å². The van der Waals surface area contributed by atoms with Crippen molar-refractivity contribution in [3.8, 4) is 0 Å². The van der Waals surface area contributed by atoms with Crippen LogP contribution in [-0.4, -0.2) is 32.3 Å². The zero-order valence-corrected chi connectivity index (χ0v) is 11.7. The highest BCUT2D eigenvalue weighted by Crippen LogP contribution is 2.19. The predicted molar refractivity (Wildman–Crippen MR) is 73.2 cm³/mol. The van der Waals surface area contributed by atoms with Gasteiger partial charge in [-0.2, -0.15) is 0 Å². The molecule has 1 N–H and O–H groups in total. The van der Waals surface area contributed by atoms with Gasteiger partial charge in [-0.15, -0.1) is 10.2 Å². The van der Waals surface area contributed by atoms with E-state index in [9.17, 15) is 4.79 Å². The third-order valence-corrected chi connectivity index (χ3v) is 2.79. The molecule has 0 aliphatic carbocycles.